The average Bonchev–Trinajstić information content (AvgIpc) is 2.93. The largest absolute Gasteiger partial charge is 2.00 e. The van der Waals surface area contributed by atoms with Crippen LogP contribution in [0.1, 0.15) is 11.1 Å². The quantitative estimate of drug-likeness (QED) is 0.162. The van der Waals surface area contributed by atoms with E-state index in [4.69, 9.17) is 23.2 Å². The van der Waals surface area contributed by atoms with Gasteiger partial charge in [-0.3, -0.25) is 19.6 Å². The first-order chi connectivity index (χ1) is 18.1. The summed E-state index contributed by atoms with van der Waals surface area (Å²) in [7, 11) is 3.74. The van der Waals surface area contributed by atoms with Gasteiger partial charge < -0.3 is 31.1 Å². The summed E-state index contributed by atoms with van der Waals surface area (Å²) in [6.07, 6.45) is 3.25. The summed E-state index contributed by atoms with van der Waals surface area (Å²) in [6.45, 7) is 3.06. The van der Waals surface area contributed by atoms with E-state index in [9.17, 15) is 30.0 Å². The predicted octanol–water partition coefficient (Wildman–Crippen LogP) is -0.448. The monoisotopic (exact) mass is 686 g/mol. The number of Topliss-reactive ketones (excluding diaryl/α,β-unsaturated/α-hetero) is 2. The fourth-order valence-corrected chi connectivity index (χ4v) is 2.80. The second kappa shape index (κ2) is 22.1. The Kier molecular flexibility index (Phi) is 21.8. The van der Waals surface area contributed by atoms with Crippen LogP contribution in [0.2, 0.25) is 0 Å². The molecule has 0 heterocycles. The van der Waals surface area contributed by atoms with Crippen molar-refractivity contribution < 1.29 is 64.2 Å². The summed E-state index contributed by atoms with van der Waals surface area (Å²) in [6, 6.07) is 13.7. The van der Waals surface area contributed by atoms with E-state index in [1.54, 1.807) is 48.8 Å². The molecule has 0 unspecified atom stereocenters. The molecule has 0 aromatic heterocycles. The Morgan fingerprint density at radius 3 is 1.30 bits per heavy atom. The molecule has 0 saturated carbocycles. The van der Waals surface area contributed by atoms with Crippen molar-refractivity contribution in [2.75, 3.05) is 40.3 Å². The van der Waals surface area contributed by atoms with E-state index in [0.717, 1.165) is 13.1 Å². The Balaban J connectivity index is 0. The number of nitrogens with zero attached hydrogens (tertiary/aromatic N) is 2. The molecule has 222 valence electrons. The zero-order chi connectivity index (χ0) is 28.5. The van der Waals surface area contributed by atoms with Crippen LogP contribution in [-0.2, 0) is 43.7 Å². The number of likely N-dealkylation sites (N-methyl/N-ethyl adjacent to an activating group) is 2. The molecular weight excluding hydrogens is 662 g/mol. The molecule has 0 fully saturated rings. The number of hydrogen-bond acceptors (Lipinski definition) is 10. The topological polar surface area (TPSA) is 175 Å². The Bertz CT molecular complexity index is 1100. The van der Waals surface area contributed by atoms with Crippen molar-refractivity contribution in [1.82, 2.24) is 10.6 Å². The van der Waals surface area contributed by atoms with E-state index < -0.39 is 33.1 Å². The van der Waals surface area contributed by atoms with Gasteiger partial charge in [-0.15, -0.1) is 11.5 Å². The molecular formula is C26H26Cl2Cu2N4O6. The van der Waals surface area contributed by atoms with Crippen LogP contribution in [0.15, 0.2) is 80.1 Å². The van der Waals surface area contributed by atoms with Gasteiger partial charge in [0.05, 0.1) is 23.2 Å². The summed E-state index contributed by atoms with van der Waals surface area (Å²) in [5, 5.41) is 47.9. The van der Waals surface area contributed by atoms with Crippen molar-refractivity contribution in [2.24, 2.45) is 9.98 Å². The number of aliphatic imine (C=N–C) groups is 2. The molecule has 40 heavy (non-hydrogen) atoms. The Morgan fingerprint density at radius 2 is 1.00 bits per heavy atom. The molecule has 3 rings (SSSR count). The number of rotatable bonds is 8. The van der Waals surface area contributed by atoms with Gasteiger partial charge in [0.25, 0.3) is 0 Å². The van der Waals surface area contributed by atoms with Crippen molar-refractivity contribution in [1.29, 1.82) is 0 Å². The SMILES string of the molecule is CNCCN=Cc1ccccc1[O-].CNCCN=Cc1ccccc1[O-].O=C1C([O-])=C(Cl)C(=O)C([O-])=C1Cl.[Cu+2].[Cu+2]. The zero-order valence-electron chi connectivity index (χ0n) is 21.3. The first-order valence-corrected chi connectivity index (χ1v) is 11.9. The Hall–Kier alpha value is -2.66. The van der Waals surface area contributed by atoms with E-state index in [2.05, 4.69) is 20.6 Å². The number of halogens is 2. The minimum atomic E-state index is -1.23. The third-order valence-corrected chi connectivity index (χ3v) is 5.18. The maximum absolute atomic E-state index is 11.2. The summed E-state index contributed by atoms with van der Waals surface area (Å²) in [4.78, 5) is 29.6. The molecule has 14 heteroatoms. The molecule has 10 nitrogen and oxygen atoms in total. The van der Waals surface area contributed by atoms with Gasteiger partial charge in [0.15, 0.2) is 11.6 Å². The van der Waals surface area contributed by atoms with Gasteiger partial charge >= 0.3 is 34.1 Å². The second-order valence-electron chi connectivity index (χ2n) is 7.30. The Labute approximate surface area is 263 Å². The molecule has 0 spiro atoms. The third kappa shape index (κ3) is 13.6. The number of ketones is 2. The molecule has 2 aromatic rings. The zero-order valence-corrected chi connectivity index (χ0v) is 24.7. The van der Waals surface area contributed by atoms with Crippen molar-refractivity contribution in [3.8, 4) is 11.5 Å². The van der Waals surface area contributed by atoms with Gasteiger partial charge in [0.2, 0.25) is 0 Å². The van der Waals surface area contributed by atoms with Crippen LogP contribution in [0.25, 0.3) is 0 Å². The molecule has 1 aliphatic carbocycles. The van der Waals surface area contributed by atoms with Crippen LogP contribution in [0, 0.1) is 0 Å². The number of nitrogens with one attached hydrogen (secondary N) is 2. The molecule has 0 saturated heterocycles. The number of para-hydroxylation sites is 2. The van der Waals surface area contributed by atoms with Gasteiger partial charge in [-0.25, -0.2) is 0 Å². The van der Waals surface area contributed by atoms with E-state index in [-0.39, 0.29) is 45.6 Å². The van der Waals surface area contributed by atoms with Crippen molar-refractivity contribution in [3.63, 3.8) is 0 Å². The van der Waals surface area contributed by atoms with Crippen LogP contribution < -0.4 is 31.1 Å². The number of carbonyl (C=O) groups is 2. The average molecular weight is 689 g/mol. The summed E-state index contributed by atoms with van der Waals surface area (Å²) in [5.41, 5.74) is 1.30. The predicted molar refractivity (Wildman–Crippen MR) is 140 cm³/mol. The summed E-state index contributed by atoms with van der Waals surface area (Å²) >= 11 is 10.2. The standard InChI is InChI=1S/2C10H14N2O.C6H2Cl2O4.2Cu/c2*1-11-6-7-12-8-9-4-2-3-5-10(9)13;7-1-3(9)5(11)2(8)6(12)4(1)10;;/h2*2-5,8,11,13H,6-7H2,1H3;9,12H;;/q;;;2*+2/p-4. The molecule has 0 aliphatic heterocycles. The Morgan fingerprint density at radius 1 is 0.675 bits per heavy atom. The molecule has 1 aliphatic rings. The number of hydrogen-bond donors (Lipinski definition) is 2. The van der Waals surface area contributed by atoms with E-state index in [1.807, 2.05) is 26.2 Å². The van der Waals surface area contributed by atoms with Crippen LogP contribution >= 0.6 is 23.2 Å². The van der Waals surface area contributed by atoms with Gasteiger partial charge in [-0.2, -0.15) is 0 Å². The van der Waals surface area contributed by atoms with Crippen molar-refractivity contribution >= 4 is 47.2 Å². The number of benzene rings is 2. The maximum Gasteiger partial charge on any atom is 2.00 e. The van der Waals surface area contributed by atoms with Crippen molar-refractivity contribution in [2.45, 2.75) is 0 Å². The molecule has 2 aromatic carbocycles. The fraction of sp³-hybridized carbons (Fsp3) is 0.231. The normalized spacial score (nSPS) is 12.8. The van der Waals surface area contributed by atoms with Gasteiger partial charge in [-0.05, 0) is 36.7 Å². The van der Waals surface area contributed by atoms with Gasteiger partial charge in [0.1, 0.15) is 0 Å². The fourth-order valence-electron chi connectivity index (χ4n) is 2.46. The summed E-state index contributed by atoms with van der Waals surface area (Å²) in [5.74, 6) is -4.87. The molecule has 0 atom stereocenters. The minimum absolute atomic E-state index is 0. The minimum Gasteiger partial charge on any atom is -0.872 e. The molecule has 0 bridgehead atoms. The third-order valence-electron chi connectivity index (χ3n) is 4.49. The molecule has 2 radical (unpaired) electrons. The first kappa shape index (κ1) is 39.5. The van der Waals surface area contributed by atoms with E-state index in [1.165, 1.54) is 0 Å². The van der Waals surface area contributed by atoms with Crippen LogP contribution in [-0.4, -0.2) is 64.3 Å². The van der Waals surface area contributed by atoms with Gasteiger partial charge in [0, 0.05) is 25.5 Å². The molecule has 0 amide bonds. The maximum atomic E-state index is 11.2. The molecule has 2 N–H and O–H groups in total. The second-order valence-corrected chi connectivity index (χ2v) is 8.05. The first-order valence-electron chi connectivity index (χ1n) is 11.2. The number of carbonyl (C=O) groups excluding carboxylic acids is 2. The van der Waals surface area contributed by atoms with Crippen LogP contribution in [0.4, 0.5) is 0 Å². The van der Waals surface area contributed by atoms with Gasteiger partial charge in [-0.1, -0.05) is 71.7 Å². The van der Waals surface area contributed by atoms with E-state index >= 15 is 0 Å². The number of allylic oxidation sites excluding steroid dienone is 2. The van der Waals surface area contributed by atoms with Crippen molar-refractivity contribution in [3.05, 3.63) is 81.2 Å². The summed E-state index contributed by atoms with van der Waals surface area (Å²) < 4.78 is 0. The smallest absolute Gasteiger partial charge is 0.872 e. The van der Waals surface area contributed by atoms with Crippen LogP contribution in [0.5, 0.6) is 11.5 Å². The van der Waals surface area contributed by atoms with E-state index in [0.29, 0.717) is 24.2 Å². The van der Waals surface area contributed by atoms with Crippen LogP contribution in [0.3, 0.4) is 0 Å².